The van der Waals surface area contributed by atoms with E-state index in [1.54, 1.807) is 12.1 Å². The molecule has 1 aromatic carbocycles. The molecule has 1 fully saturated rings. The molecule has 0 radical (unpaired) electrons. The van der Waals surface area contributed by atoms with Crippen LogP contribution in [0.2, 0.25) is 0 Å². The minimum Gasteiger partial charge on any atom is -0.379 e. The van der Waals surface area contributed by atoms with E-state index >= 15 is 0 Å². The standard InChI is InChI=1S/C13H19FN2O/c1-2-16(7-10-8-17-9-12(10)15)13-6-4-3-5-11(13)14/h3-6,10,12H,2,7-9,15H2,1H3. The predicted molar refractivity (Wildman–Crippen MR) is 66.6 cm³/mol. The Kier molecular flexibility index (Phi) is 3.97. The lowest BCUT2D eigenvalue weighted by molar-refractivity contribution is 0.185. The molecule has 3 nitrogen and oxygen atoms in total. The highest BCUT2D eigenvalue weighted by Crippen LogP contribution is 2.22. The van der Waals surface area contributed by atoms with Crippen LogP contribution in [0, 0.1) is 11.7 Å². The van der Waals surface area contributed by atoms with E-state index in [1.807, 2.05) is 17.9 Å². The summed E-state index contributed by atoms with van der Waals surface area (Å²) in [6.07, 6.45) is 0. The van der Waals surface area contributed by atoms with Gasteiger partial charge in [0.05, 0.1) is 18.9 Å². The molecular weight excluding hydrogens is 219 g/mol. The molecule has 2 unspecified atom stereocenters. The number of benzene rings is 1. The molecular formula is C13H19FN2O. The van der Waals surface area contributed by atoms with Crippen molar-refractivity contribution in [1.82, 2.24) is 0 Å². The lowest BCUT2D eigenvalue weighted by atomic mass is 10.0. The molecule has 1 aliphatic rings. The average molecular weight is 238 g/mol. The molecule has 1 aliphatic heterocycles. The van der Waals surface area contributed by atoms with Crippen LogP contribution >= 0.6 is 0 Å². The minimum absolute atomic E-state index is 0.0656. The van der Waals surface area contributed by atoms with E-state index in [4.69, 9.17) is 10.5 Å². The maximum absolute atomic E-state index is 13.7. The second-order valence-corrected chi connectivity index (χ2v) is 4.45. The summed E-state index contributed by atoms with van der Waals surface area (Å²) in [7, 11) is 0. The van der Waals surface area contributed by atoms with Gasteiger partial charge in [-0.15, -0.1) is 0 Å². The van der Waals surface area contributed by atoms with Crippen molar-refractivity contribution < 1.29 is 9.13 Å². The molecule has 17 heavy (non-hydrogen) atoms. The first kappa shape index (κ1) is 12.3. The molecule has 1 aromatic rings. The highest BCUT2D eigenvalue weighted by atomic mass is 19.1. The number of nitrogens with two attached hydrogens (primary N) is 1. The van der Waals surface area contributed by atoms with Crippen molar-refractivity contribution in [3.05, 3.63) is 30.1 Å². The second kappa shape index (κ2) is 5.47. The Labute approximate surface area is 101 Å². The molecule has 2 N–H and O–H groups in total. The normalized spacial score (nSPS) is 23.9. The Morgan fingerprint density at radius 1 is 1.41 bits per heavy atom. The fourth-order valence-corrected chi connectivity index (χ4v) is 2.19. The molecule has 2 atom stereocenters. The van der Waals surface area contributed by atoms with Crippen LogP contribution in [-0.4, -0.2) is 32.3 Å². The van der Waals surface area contributed by atoms with Gasteiger partial charge in [-0.1, -0.05) is 12.1 Å². The van der Waals surface area contributed by atoms with E-state index in [-0.39, 0.29) is 17.8 Å². The summed E-state index contributed by atoms with van der Waals surface area (Å²) in [5.74, 6) is 0.108. The minimum atomic E-state index is -0.179. The number of anilines is 1. The zero-order chi connectivity index (χ0) is 12.3. The van der Waals surface area contributed by atoms with E-state index < -0.39 is 0 Å². The Hall–Kier alpha value is -1.13. The van der Waals surface area contributed by atoms with E-state index in [0.717, 1.165) is 13.1 Å². The molecule has 4 heteroatoms. The van der Waals surface area contributed by atoms with Crippen LogP contribution in [0.15, 0.2) is 24.3 Å². The Balaban J connectivity index is 2.09. The van der Waals surface area contributed by atoms with Gasteiger partial charge in [0.1, 0.15) is 5.82 Å². The van der Waals surface area contributed by atoms with Gasteiger partial charge in [-0.05, 0) is 19.1 Å². The van der Waals surface area contributed by atoms with Crippen molar-refractivity contribution in [2.24, 2.45) is 11.7 Å². The molecule has 0 aromatic heterocycles. The third kappa shape index (κ3) is 2.76. The fourth-order valence-electron chi connectivity index (χ4n) is 2.19. The first-order chi connectivity index (χ1) is 8.22. The summed E-state index contributed by atoms with van der Waals surface area (Å²) in [4.78, 5) is 2.02. The fraction of sp³-hybridized carbons (Fsp3) is 0.538. The largest absolute Gasteiger partial charge is 0.379 e. The SMILES string of the molecule is CCN(CC1COCC1N)c1ccccc1F. The quantitative estimate of drug-likeness (QED) is 0.866. The van der Waals surface area contributed by atoms with Gasteiger partial charge in [-0.3, -0.25) is 0 Å². The first-order valence-electron chi connectivity index (χ1n) is 6.05. The van der Waals surface area contributed by atoms with E-state index in [9.17, 15) is 4.39 Å². The average Bonchev–Trinajstić information content (AvgIpc) is 2.73. The van der Waals surface area contributed by atoms with Crippen LogP contribution in [0.5, 0.6) is 0 Å². The van der Waals surface area contributed by atoms with Crippen LogP contribution in [0.4, 0.5) is 10.1 Å². The maximum atomic E-state index is 13.7. The van der Waals surface area contributed by atoms with Crippen LogP contribution in [0.1, 0.15) is 6.92 Å². The van der Waals surface area contributed by atoms with Gasteiger partial charge in [0.25, 0.3) is 0 Å². The highest BCUT2D eigenvalue weighted by Gasteiger charge is 2.27. The molecule has 1 saturated heterocycles. The van der Waals surface area contributed by atoms with Crippen LogP contribution in [0.25, 0.3) is 0 Å². The first-order valence-corrected chi connectivity index (χ1v) is 6.05. The molecule has 0 spiro atoms. The molecule has 94 valence electrons. The summed E-state index contributed by atoms with van der Waals surface area (Å²) in [5.41, 5.74) is 6.60. The molecule has 1 heterocycles. The van der Waals surface area contributed by atoms with Gasteiger partial charge < -0.3 is 15.4 Å². The molecule has 0 bridgehead atoms. The highest BCUT2D eigenvalue weighted by molar-refractivity contribution is 5.47. The lowest BCUT2D eigenvalue weighted by Gasteiger charge is -2.27. The monoisotopic (exact) mass is 238 g/mol. The maximum Gasteiger partial charge on any atom is 0.146 e. The van der Waals surface area contributed by atoms with Crippen LogP contribution in [0.3, 0.4) is 0 Å². The second-order valence-electron chi connectivity index (χ2n) is 4.45. The number of halogens is 1. The van der Waals surface area contributed by atoms with Gasteiger partial charge >= 0.3 is 0 Å². The lowest BCUT2D eigenvalue weighted by Crippen LogP contribution is -2.38. The smallest absolute Gasteiger partial charge is 0.146 e. The van der Waals surface area contributed by atoms with Crippen LogP contribution in [-0.2, 0) is 4.74 Å². The molecule has 0 amide bonds. The van der Waals surface area contributed by atoms with Gasteiger partial charge in [0.15, 0.2) is 0 Å². The summed E-state index contributed by atoms with van der Waals surface area (Å²) in [6.45, 7) is 4.82. The van der Waals surface area contributed by atoms with E-state index in [0.29, 0.717) is 18.9 Å². The third-order valence-electron chi connectivity index (χ3n) is 3.28. The zero-order valence-electron chi connectivity index (χ0n) is 10.1. The number of nitrogens with zero attached hydrogens (tertiary/aromatic N) is 1. The Morgan fingerprint density at radius 2 is 2.18 bits per heavy atom. The number of hydrogen-bond donors (Lipinski definition) is 1. The number of ether oxygens (including phenoxy) is 1. The van der Waals surface area contributed by atoms with Gasteiger partial charge in [0.2, 0.25) is 0 Å². The Bertz CT molecular complexity index is 372. The number of rotatable bonds is 4. The summed E-state index contributed by atoms with van der Waals surface area (Å²) >= 11 is 0. The van der Waals surface area contributed by atoms with Crippen molar-refractivity contribution in [2.45, 2.75) is 13.0 Å². The van der Waals surface area contributed by atoms with Crippen molar-refractivity contribution in [2.75, 3.05) is 31.2 Å². The van der Waals surface area contributed by atoms with Gasteiger partial charge in [0, 0.05) is 25.0 Å². The summed E-state index contributed by atoms with van der Waals surface area (Å²) in [5, 5.41) is 0. The molecule has 2 rings (SSSR count). The van der Waals surface area contributed by atoms with Gasteiger partial charge in [-0.2, -0.15) is 0 Å². The Morgan fingerprint density at radius 3 is 2.76 bits per heavy atom. The van der Waals surface area contributed by atoms with Crippen LogP contribution < -0.4 is 10.6 Å². The topological polar surface area (TPSA) is 38.5 Å². The number of para-hydroxylation sites is 1. The van der Waals surface area contributed by atoms with Crippen molar-refractivity contribution >= 4 is 5.69 Å². The molecule has 0 aliphatic carbocycles. The predicted octanol–water partition coefficient (Wildman–Crippen LogP) is 1.63. The van der Waals surface area contributed by atoms with Crippen molar-refractivity contribution in [1.29, 1.82) is 0 Å². The van der Waals surface area contributed by atoms with E-state index in [2.05, 4.69) is 0 Å². The van der Waals surface area contributed by atoms with E-state index in [1.165, 1.54) is 6.07 Å². The zero-order valence-corrected chi connectivity index (χ0v) is 10.1. The number of hydrogen-bond acceptors (Lipinski definition) is 3. The van der Waals surface area contributed by atoms with Gasteiger partial charge in [-0.25, -0.2) is 4.39 Å². The summed E-state index contributed by atoms with van der Waals surface area (Å²) < 4.78 is 19.0. The van der Waals surface area contributed by atoms with Crippen molar-refractivity contribution in [3.63, 3.8) is 0 Å². The third-order valence-corrected chi connectivity index (χ3v) is 3.28. The summed E-state index contributed by atoms with van der Waals surface area (Å²) in [6, 6.07) is 6.92. The van der Waals surface area contributed by atoms with Crippen molar-refractivity contribution in [3.8, 4) is 0 Å². The molecule has 0 saturated carbocycles.